The van der Waals surface area contributed by atoms with Crippen LogP contribution < -0.4 is 0 Å². The second kappa shape index (κ2) is 8.39. The largest absolute Gasteiger partial charge is 0.293 e. The monoisotopic (exact) mass is 378 g/mol. The number of rotatable bonds is 6. The second-order valence-corrected chi connectivity index (χ2v) is 6.93. The van der Waals surface area contributed by atoms with Crippen LogP contribution in [0.15, 0.2) is 84.9 Å². The van der Waals surface area contributed by atoms with E-state index < -0.39 is 10.5 Å². The van der Waals surface area contributed by atoms with Crippen LogP contribution in [-0.4, -0.2) is 11.6 Å². The van der Waals surface area contributed by atoms with Gasteiger partial charge in [-0.05, 0) is 11.1 Å². The van der Waals surface area contributed by atoms with Crippen molar-refractivity contribution in [1.29, 1.82) is 0 Å². The molecule has 3 rings (SSSR count). The van der Waals surface area contributed by atoms with Crippen LogP contribution in [0.25, 0.3) is 0 Å². The number of thiol groups is 2. The minimum atomic E-state index is -0.625. The first-order chi connectivity index (χ1) is 12.6. The van der Waals surface area contributed by atoms with Gasteiger partial charge in [0.15, 0.2) is 11.6 Å². The van der Waals surface area contributed by atoms with Gasteiger partial charge >= 0.3 is 0 Å². The van der Waals surface area contributed by atoms with E-state index in [1.807, 2.05) is 60.7 Å². The molecular formula is C22H18O2S2. The third kappa shape index (κ3) is 3.92. The lowest BCUT2D eigenvalue weighted by Gasteiger charge is -2.16. The smallest absolute Gasteiger partial charge is 0.180 e. The van der Waals surface area contributed by atoms with Gasteiger partial charge in [0.1, 0.15) is 0 Å². The summed E-state index contributed by atoms with van der Waals surface area (Å²) in [6.07, 6.45) is 0. The van der Waals surface area contributed by atoms with Gasteiger partial charge in [0.25, 0.3) is 0 Å². The highest BCUT2D eigenvalue weighted by Crippen LogP contribution is 2.30. The second-order valence-electron chi connectivity index (χ2n) is 5.90. The van der Waals surface area contributed by atoms with Gasteiger partial charge in [0.05, 0.1) is 10.5 Å². The van der Waals surface area contributed by atoms with Crippen molar-refractivity contribution < 1.29 is 9.59 Å². The fraction of sp³-hybridized carbons (Fsp3) is 0.0909. The zero-order chi connectivity index (χ0) is 18.5. The van der Waals surface area contributed by atoms with Gasteiger partial charge < -0.3 is 0 Å². The molecule has 2 nitrogen and oxygen atoms in total. The highest BCUT2D eigenvalue weighted by molar-refractivity contribution is 7.81. The van der Waals surface area contributed by atoms with Crippen LogP contribution in [0, 0.1) is 0 Å². The molecule has 26 heavy (non-hydrogen) atoms. The predicted molar refractivity (Wildman–Crippen MR) is 111 cm³/mol. The maximum atomic E-state index is 13.0. The predicted octanol–water partition coefficient (Wildman–Crippen LogP) is 5.39. The number of carbonyl (C=O) groups excluding carboxylic acids is 2. The van der Waals surface area contributed by atoms with E-state index in [9.17, 15) is 9.59 Å². The Morgan fingerprint density at radius 3 is 1.19 bits per heavy atom. The molecule has 0 heterocycles. The van der Waals surface area contributed by atoms with Crippen LogP contribution in [0.2, 0.25) is 0 Å². The first kappa shape index (κ1) is 18.5. The Morgan fingerprint density at radius 2 is 0.846 bits per heavy atom. The third-order valence-electron chi connectivity index (χ3n) is 4.19. The van der Waals surface area contributed by atoms with Crippen LogP contribution in [-0.2, 0) is 0 Å². The van der Waals surface area contributed by atoms with E-state index in [1.54, 1.807) is 24.3 Å². The van der Waals surface area contributed by atoms with E-state index in [2.05, 4.69) is 25.3 Å². The number of ketones is 2. The fourth-order valence-corrected chi connectivity index (χ4v) is 3.40. The van der Waals surface area contributed by atoms with Crippen molar-refractivity contribution in [2.75, 3.05) is 0 Å². The molecule has 0 N–H and O–H groups in total. The Kier molecular flexibility index (Phi) is 5.96. The van der Waals surface area contributed by atoms with E-state index in [4.69, 9.17) is 0 Å². The molecule has 0 fully saturated rings. The van der Waals surface area contributed by atoms with Gasteiger partial charge in [-0.3, -0.25) is 9.59 Å². The summed E-state index contributed by atoms with van der Waals surface area (Å²) in [5.74, 6) is -0.394. The minimum absolute atomic E-state index is 0.197. The lowest BCUT2D eigenvalue weighted by Crippen LogP contribution is -2.16. The van der Waals surface area contributed by atoms with E-state index in [0.717, 1.165) is 11.1 Å². The third-order valence-corrected chi connectivity index (χ3v) is 5.25. The van der Waals surface area contributed by atoms with E-state index in [0.29, 0.717) is 11.1 Å². The molecule has 0 spiro atoms. The standard InChI is InChI=1S/C22H18O2S2/c23-19(21(25)15-9-3-1-4-10-15)17-13-7-8-14-18(17)20(24)22(26)16-11-5-2-6-12-16/h1-14,21-22,25-26H. The molecule has 0 aliphatic carbocycles. The van der Waals surface area contributed by atoms with Crippen molar-refractivity contribution in [3.63, 3.8) is 0 Å². The normalized spacial score (nSPS) is 13.0. The summed E-state index contributed by atoms with van der Waals surface area (Å²) in [6, 6.07) is 25.5. The Balaban J connectivity index is 1.93. The molecule has 3 aromatic carbocycles. The summed E-state index contributed by atoms with van der Waals surface area (Å²) in [7, 11) is 0. The molecule has 2 atom stereocenters. The van der Waals surface area contributed by atoms with Crippen LogP contribution >= 0.6 is 25.3 Å². The number of hydrogen-bond donors (Lipinski definition) is 2. The summed E-state index contributed by atoms with van der Waals surface area (Å²) in [6.45, 7) is 0. The summed E-state index contributed by atoms with van der Waals surface area (Å²) in [5, 5.41) is -1.25. The molecule has 0 bridgehead atoms. The summed E-state index contributed by atoms with van der Waals surface area (Å²) in [4.78, 5) is 26.0. The molecular weight excluding hydrogens is 360 g/mol. The molecule has 4 heteroatoms. The Bertz CT molecular complexity index is 831. The maximum absolute atomic E-state index is 13.0. The average molecular weight is 379 g/mol. The zero-order valence-electron chi connectivity index (χ0n) is 13.9. The van der Waals surface area contributed by atoms with E-state index in [1.165, 1.54) is 0 Å². The van der Waals surface area contributed by atoms with Crippen molar-refractivity contribution in [3.8, 4) is 0 Å². The molecule has 0 saturated carbocycles. The maximum Gasteiger partial charge on any atom is 0.180 e. The minimum Gasteiger partial charge on any atom is -0.293 e. The van der Waals surface area contributed by atoms with Gasteiger partial charge in [0.2, 0.25) is 0 Å². The fourth-order valence-electron chi connectivity index (χ4n) is 2.78. The van der Waals surface area contributed by atoms with Gasteiger partial charge in [-0.2, -0.15) is 25.3 Å². The molecule has 0 aliphatic rings. The molecule has 0 amide bonds. The van der Waals surface area contributed by atoms with Crippen LogP contribution in [0.1, 0.15) is 42.3 Å². The van der Waals surface area contributed by atoms with Crippen LogP contribution in [0.4, 0.5) is 0 Å². The number of hydrogen-bond acceptors (Lipinski definition) is 4. The molecule has 3 aromatic rings. The summed E-state index contributed by atoms with van der Waals surface area (Å²) >= 11 is 8.97. The summed E-state index contributed by atoms with van der Waals surface area (Å²) < 4.78 is 0. The quantitative estimate of drug-likeness (QED) is 0.445. The zero-order valence-corrected chi connectivity index (χ0v) is 15.7. The van der Waals surface area contributed by atoms with Crippen LogP contribution in [0.3, 0.4) is 0 Å². The lowest BCUT2D eigenvalue weighted by molar-refractivity contribution is 0.0957. The molecule has 0 saturated heterocycles. The van der Waals surface area contributed by atoms with Crippen molar-refractivity contribution in [1.82, 2.24) is 0 Å². The average Bonchev–Trinajstić information content (AvgIpc) is 2.73. The van der Waals surface area contributed by atoms with Gasteiger partial charge in [0, 0.05) is 11.1 Å². The van der Waals surface area contributed by atoms with Crippen LogP contribution in [0.5, 0.6) is 0 Å². The van der Waals surface area contributed by atoms with Crippen molar-refractivity contribution in [2.24, 2.45) is 0 Å². The first-order valence-electron chi connectivity index (χ1n) is 8.23. The van der Waals surface area contributed by atoms with Gasteiger partial charge in [-0.25, -0.2) is 0 Å². The summed E-state index contributed by atoms with van der Waals surface area (Å²) in [5.41, 5.74) is 2.34. The lowest BCUT2D eigenvalue weighted by atomic mass is 9.93. The van der Waals surface area contributed by atoms with Crippen molar-refractivity contribution >= 4 is 36.8 Å². The molecule has 130 valence electrons. The topological polar surface area (TPSA) is 34.1 Å². The van der Waals surface area contributed by atoms with Crippen molar-refractivity contribution in [3.05, 3.63) is 107 Å². The Labute approximate surface area is 164 Å². The number of carbonyl (C=O) groups is 2. The Hall–Kier alpha value is -2.30. The molecule has 0 radical (unpaired) electrons. The first-order valence-corrected chi connectivity index (χ1v) is 9.26. The van der Waals surface area contributed by atoms with Gasteiger partial charge in [-0.15, -0.1) is 0 Å². The highest BCUT2D eigenvalue weighted by Gasteiger charge is 2.26. The van der Waals surface area contributed by atoms with E-state index in [-0.39, 0.29) is 11.6 Å². The Morgan fingerprint density at radius 1 is 0.538 bits per heavy atom. The SMILES string of the molecule is O=C(c1ccccc1C(=O)C(S)c1ccccc1)C(S)c1ccccc1. The van der Waals surface area contributed by atoms with Crippen molar-refractivity contribution in [2.45, 2.75) is 10.5 Å². The number of Topliss-reactive ketones (excluding diaryl/α,β-unsaturated/α-hetero) is 2. The molecule has 2 unspecified atom stereocenters. The molecule has 0 aromatic heterocycles. The van der Waals surface area contributed by atoms with E-state index >= 15 is 0 Å². The molecule has 0 aliphatic heterocycles. The van der Waals surface area contributed by atoms with Gasteiger partial charge in [-0.1, -0.05) is 84.9 Å². The number of benzene rings is 3. The highest BCUT2D eigenvalue weighted by atomic mass is 32.1.